The molecule has 2 N–H and O–H groups in total. The van der Waals surface area contributed by atoms with E-state index in [9.17, 15) is 9.59 Å². The van der Waals surface area contributed by atoms with E-state index >= 15 is 0 Å². The van der Waals surface area contributed by atoms with Crippen LogP contribution in [0.4, 0.5) is 10.5 Å². The van der Waals surface area contributed by atoms with Crippen molar-refractivity contribution in [2.45, 2.75) is 45.1 Å². The van der Waals surface area contributed by atoms with Gasteiger partial charge in [-0.25, -0.2) is 4.79 Å². The van der Waals surface area contributed by atoms with Crippen molar-refractivity contribution < 1.29 is 9.59 Å². The third-order valence-corrected chi connectivity index (χ3v) is 6.17. The van der Waals surface area contributed by atoms with E-state index < -0.39 is 5.54 Å². The van der Waals surface area contributed by atoms with Crippen LogP contribution < -0.4 is 10.6 Å². The van der Waals surface area contributed by atoms with Crippen molar-refractivity contribution in [2.24, 2.45) is 16.8 Å². The molecule has 138 valence electrons. The van der Waals surface area contributed by atoms with Crippen molar-refractivity contribution in [3.05, 3.63) is 29.8 Å². The Kier molecular flexibility index (Phi) is 4.21. The topological polar surface area (TPSA) is 73.8 Å². The maximum Gasteiger partial charge on any atom is 0.321 e. The summed E-state index contributed by atoms with van der Waals surface area (Å²) in [5.74, 6) is 1.29. The van der Waals surface area contributed by atoms with Gasteiger partial charge in [0.05, 0.1) is 0 Å². The maximum absolute atomic E-state index is 12.7. The van der Waals surface area contributed by atoms with E-state index in [1.54, 1.807) is 0 Å². The summed E-state index contributed by atoms with van der Waals surface area (Å²) in [5.41, 5.74) is 1.41. The maximum atomic E-state index is 12.7. The van der Waals surface area contributed by atoms with Crippen LogP contribution in [0.25, 0.3) is 0 Å². The van der Waals surface area contributed by atoms with Gasteiger partial charge in [0.2, 0.25) is 0 Å². The molecule has 1 aromatic rings. The minimum Gasteiger partial charge on any atom is -0.324 e. The number of carbonyl (C=O) groups is 2. The smallest absolute Gasteiger partial charge is 0.321 e. The first-order chi connectivity index (χ1) is 12.6. The molecular weight excluding hydrogens is 328 g/mol. The van der Waals surface area contributed by atoms with Crippen LogP contribution in [0, 0.1) is 11.8 Å². The minimum atomic E-state index is -0.645. The monoisotopic (exact) mass is 354 g/mol. The third-order valence-electron chi connectivity index (χ3n) is 6.17. The number of nitrogens with zero attached hydrogens (tertiary/aromatic N) is 2. The van der Waals surface area contributed by atoms with Crippen LogP contribution in [0.3, 0.4) is 0 Å². The number of amides is 3. The van der Waals surface area contributed by atoms with E-state index in [-0.39, 0.29) is 17.9 Å². The zero-order valence-corrected chi connectivity index (χ0v) is 15.4. The van der Waals surface area contributed by atoms with E-state index in [0.717, 1.165) is 37.2 Å². The highest BCUT2D eigenvalue weighted by Gasteiger charge is 2.59. The van der Waals surface area contributed by atoms with E-state index in [0.29, 0.717) is 19.0 Å². The number of likely N-dealkylation sites (tertiary alicyclic amines) is 1. The van der Waals surface area contributed by atoms with E-state index in [4.69, 9.17) is 4.99 Å². The summed E-state index contributed by atoms with van der Waals surface area (Å²) in [4.78, 5) is 31.9. The lowest BCUT2D eigenvalue weighted by atomic mass is 9.85. The molecule has 0 aromatic heterocycles. The van der Waals surface area contributed by atoms with Crippen LogP contribution in [0.1, 0.15) is 38.7 Å². The number of fused-ring (bicyclic) bond motifs is 2. The van der Waals surface area contributed by atoms with Crippen molar-refractivity contribution in [2.75, 3.05) is 18.4 Å². The predicted octanol–water partition coefficient (Wildman–Crippen LogP) is 2.80. The molecule has 1 spiro atoms. The lowest BCUT2D eigenvalue weighted by Gasteiger charge is -2.25. The lowest BCUT2D eigenvalue weighted by molar-refractivity contribution is -0.124. The third kappa shape index (κ3) is 2.68. The molecule has 3 atom stereocenters. The first kappa shape index (κ1) is 17.1. The molecule has 0 bridgehead atoms. The summed E-state index contributed by atoms with van der Waals surface area (Å²) < 4.78 is 0. The highest BCUT2D eigenvalue weighted by Crippen LogP contribution is 2.48. The van der Waals surface area contributed by atoms with E-state index in [1.165, 1.54) is 5.56 Å². The number of carbonyl (C=O) groups excluding carboxylic acids is 2. The largest absolute Gasteiger partial charge is 0.324 e. The number of aliphatic imine (C=N–C) groups is 1. The number of rotatable bonds is 3. The SMILES string of the molecule is CCC1=N[C@]2(CC[C@H]3CN(C(=O)Nc4ccc(CC)cc4)C[C@H]32)C(=O)N1. The van der Waals surface area contributed by atoms with Crippen molar-refractivity contribution in [3.8, 4) is 0 Å². The average molecular weight is 354 g/mol. The molecule has 2 heterocycles. The lowest BCUT2D eigenvalue weighted by Crippen LogP contribution is -2.45. The van der Waals surface area contributed by atoms with Gasteiger partial charge in [-0.1, -0.05) is 26.0 Å². The summed E-state index contributed by atoms with van der Waals surface area (Å²) in [6, 6.07) is 7.87. The van der Waals surface area contributed by atoms with Gasteiger partial charge in [0.25, 0.3) is 5.91 Å². The summed E-state index contributed by atoms with van der Waals surface area (Å²) in [6.07, 6.45) is 3.47. The van der Waals surface area contributed by atoms with Crippen LogP contribution in [0.5, 0.6) is 0 Å². The van der Waals surface area contributed by atoms with Gasteiger partial charge in [0.1, 0.15) is 11.4 Å². The summed E-state index contributed by atoms with van der Waals surface area (Å²) in [7, 11) is 0. The van der Waals surface area contributed by atoms with Crippen LogP contribution in [-0.4, -0.2) is 41.3 Å². The number of amidine groups is 1. The van der Waals surface area contributed by atoms with E-state index in [2.05, 4.69) is 17.6 Å². The Balaban J connectivity index is 1.45. The first-order valence-corrected chi connectivity index (χ1v) is 9.60. The number of hydrogen-bond donors (Lipinski definition) is 2. The number of nitrogens with one attached hydrogen (secondary N) is 2. The molecule has 3 amide bonds. The molecule has 1 aliphatic carbocycles. The standard InChI is InChI=1S/C20H26N4O2/c1-3-13-5-7-15(8-6-13)21-19(26)24-11-14-9-10-20(16(14)12-24)18(25)22-17(4-2)23-20/h5-8,14,16H,3-4,9-12H2,1-2H3,(H,21,26)(H,22,23,25)/t14-,16+,20-/m0/s1. The fourth-order valence-electron chi connectivity index (χ4n) is 4.63. The molecule has 0 radical (unpaired) electrons. The zero-order valence-electron chi connectivity index (χ0n) is 15.4. The molecule has 2 fully saturated rings. The molecule has 1 saturated heterocycles. The van der Waals surface area contributed by atoms with Crippen molar-refractivity contribution in [3.63, 3.8) is 0 Å². The van der Waals surface area contributed by atoms with Gasteiger partial charge in [-0.2, -0.15) is 0 Å². The van der Waals surface area contributed by atoms with Crippen molar-refractivity contribution in [1.29, 1.82) is 0 Å². The number of hydrogen-bond acceptors (Lipinski definition) is 3. The normalized spacial score (nSPS) is 29.7. The van der Waals surface area contributed by atoms with Crippen molar-refractivity contribution in [1.82, 2.24) is 10.2 Å². The van der Waals surface area contributed by atoms with Crippen LogP contribution in [-0.2, 0) is 11.2 Å². The second-order valence-corrected chi connectivity index (χ2v) is 7.58. The second kappa shape index (κ2) is 6.41. The molecule has 1 saturated carbocycles. The average Bonchev–Trinajstić information content (AvgIpc) is 3.31. The zero-order chi connectivity index (χ0) is 18.3. The summed E-state index contributed by atoms with van der Waals surface area (Å²) in [5, 5.41) is 5.92. The van der Waals surface area contributed by atoms with Crippen LogP contribution in [0.15, 0.2) is 29.3 Å². The second-order valence-electron chi connectivity index (χ2n) is 7.58. The number of urea groups is 1. The van der Waals surface area contributed by atoms with E-state index in [1.807, 2.05) is 36.1 Å². The number of aryl methyl sites for hydroxylation is 1. The Labute approximate surface area is 154 Å². The van der Waals surface area contributed by atoms with Gasteiger partial charge in [-0.05, 0) is 42.9 Å². The first-order valence-electron chi connectivity index (χ1n) is 9.60. The Hall–Kier alpha value is -2.37. The summed E-state index contributed by atoms with van der Waals surface area (Å²) in [6.45, 7) is 5.41. The fraction of sp³-hybridized carbons (Fsp3) is 0.550. The Morgan fingerprint density at radius 3 is 2.69 bits per heavy atom. The highest BCUT2D eigenvalue weighted by molar-refractivity contribution is 6.08. The molecule has 6 heteroatoms. The Morgan fingerprint density at radius 1 is 1.27 bits per heavy atom. The molecular formula is C20H26N4O2. The van der Waals surface area contributed by atoms with Gasteiger partial charge in [-0.3, -0.25) is 9.79 Å². The fourth-order valence-corrected chi connectivity index (χ4v) is 4.63. The van der Waals surface area contributed by atoms with Gasteiger partial charge in [0.15, 0.2) is 0 Å². The van der Waals surface area contributed by atoms with Gasteiger partial charge in [0, 0.05) is 31.1 Å². The molecule has 6 nitrogen and oxygen atoms in total. The predicted molar refractivity (Wildman–Crippen MR) is 101 cm³/mol. The minimum absolute atomic E-state index is 0.0271. The molecule has 26 heavy (non-hydrogen) atoms. The van der Waals surface area contributed by atoms with Gasteiger partial charge >= 0.3 is 6.03 Å². The Bertz CT molecular complexity index is 758. The molecule has 1 aromatic carbocycles. The summed E-state index contributed by atoms with van der Waals surface area (Å²) >= 11 is 0. The van der Waals surface area contributed by atoms with Crippen LogP contribution >= 0.6 is 0 Å². The van der Waals surface area contributed by atoms with Crippen molar-refractivity contribution >= 4 is 23.5 Å². The quantitative estimate of drug-likeness (QED) is 0.876. The molecule has 2 aliphatic heterocycles. The molecule has 3 aliphatic rings. The molecule has 0 unspecified atom stereocenters. The van der Waals surface area contributed by atoms with Gasteiger partial charge in [-0.15, -0.1) is 0 Å². The molecule has 4 rings (SSSR count). The van der Waals surface area contributed by atoms with Crippen LogP contribution in [0.2, 0.25) is 0 Å². The van der Waals surface area contributed by atoms with Gasteiger partial charge < -0.3 is 15.5 Å². The number of anilines is 1. The highest BCUT2D eigenvalue weighted by atomic mass is 16.2. The Morgan fingerprint density at radius 2 is 2.04 bits per heavy atom. The number of benzene rings is 1.